The molecule has 3 rings (SSSR count). The number of rotatable bonds is 3. The zero-order chi connectivity index (χ0) is 15.9. The third kappa shape index (κ3) is 2.42. The first-order chi connectivity index (χ1) is 10.5. The maximum atomic E-state index is 9.22. The molecule has 0 aliphatic heterocycles. The third-order valence-electron chi connectivity index (χ3n) is 3.91. The molecule has 0 bridgehead atoms. The van der Waals surface area contributed by atoms with Gasteiger partial charge < -0.3 is 15.4 Å². The van der Waals surface area contributed by atoms with Gasteiger partial charge in [-0.2, -0.15) is 0 Å². The maximum absolute atomic E-state index is 9.22. The normalized spacial score (nSPS) is 11.3. The molecule has 3 N–H and O–H groups in total. The fourth-order valence-corrected chi connectivity index (χ4v) is 2.52. The first kappa shape index (κ1) is 14.5. The van der Waals surface area contributed by atoms with E-state index in [4.69, 9.17) is 5.73 Å². The van der Waals surface area contributed by atoms with Crippen LogP contribution in [0.2, 0.25) is 0 Å². The Bertz CT molecular complexity index is 853. The quantitative estimate of drug-likeness (QED) is 0.770. The molecule has 1 aromatic carbocycles. The Morgan fingerprint density at radius 3 is 2.50 bits per heavy atom. The Morgan fingerprint density at radius 1 is 1.05 bits per heavy atom. The molecule has 0 radical (unpaired) electrons. The number of fused-ring (bicyclic) bond motifs is 1. The summed E-state index contributed by atoms with van der Waals surface area (Å²) >= 11 is 0. The minimum Gasteiger partial charge on any atom is -0.392 e. The highest BCUT2D eigenvalue weighted by atomic mass is 16.3. The molecule has 6 nitrogen and oxygen atoms in total. The molecule has 6 heteroatoms. The summed E-state index contributed by atoms with van der Waals surface area (Å²) in [7, 11) is 0. The number of nitrogens with zero attached hydrogens (tertiary/aromatic N) is 4. The van der Waals surface area contributed by atoms with E-state index in [0.29, 0.717) is 12.5 Å². The van der Waals surface area contributed by atoms with Crippen LogP contribution >= 0.6 is 0 Å². The molecule has 0 saturated carbocycles. The van der Waals surface area contributed by atoms with Crippen molar-refractivity contribution >= 4 is 17.0 Å². The molecule has 22 heavy (non-hydrogen) atoms. The number of aromatic nitrogens is 4. The summed E-state index contributed by atoms with van der Waals surface area (Å²) in [6.45, 7) is 6.38. The summed E-state index contributed by atoms with van der Waals surface area (Å²) in [5.41, 5.74) is 12.2. The Balaban J connectivity index is 2.07. The van der Waals surface area contributed by atoms with Crippen LogP contribution in [0.1, 0.15) is 28.3 Å². The van der Waals surface area contributed by atoms with Crippen LogP contribution in [0.15, 0.2) is 18.2 Å². The molecule has 0 saturated heterocycles. The zero-order valence-corrected chi connectivity index (χ0v) is 13.0. The molecule has 0 atom stereocenters. The molecular weight excluding hydrogens is 278 g/mol. The molecule has 2 heterocycles. The van der Waals surface area contributed by atoms with Crippen LogP contribution in [0.4, 0.5) is 5.95 Å². The van der Waals surface area contributed by atoms with Gasteiger partial charge in [0.25, 0.3) is 0 Å². The van der Waals surface area contributed by atoms with Crippen molar-refractivity contribution in [1.29, 1.82) is 0 Å². The number of nitrogen functional groups attached to an aromatic ring is 1. The fourth-order valence-electron chi connectivity index (χ4n) is 2.52. The second-order valence-electron chi connectivity index (χ2n) is 5.46. The Hall–Kier alpha value is -2.47. The lowest BCUT2D eigenvalue weighted by molar-refractivity contribution is 0.282. The number of nitrogens with two attached hydrogens (primary N) is 1. The van der Waals surface area contributed by atoms with Gasteiger partial charge in [-0.05, 0) is 38.5 Å². The largest absolute Gasteiger partial charge is 0.392 e. The van der Waals surface area contributed by atoms with Crippen molar-refractivity contribution in [2.75, 3.05) is 5.73 Å². The van der Waals surface area contributed by atoms with Crippen LogP contribution in [0.25, 0.3) is 11.0 Å². The van der Waals surface area contributed by atoms with E-state index in [1.165, 1.54) is 0 Å². The number of benzene rings is 1. The minimum absolute atomic E-state index is 0.00948. The Labute approximate surface area is 128 Å². The lowest BCUT2D eigenvalue weighted by Crippen LogP contribution is -2.10. The second-order valence-corrected chi connectivity index (χ2v) is 5.46. The van der Waals surface area contributed by atoms with E-state index in [-0.39, 0.29) is 6.61 Å². The van der Waals surface area contributed by atoms with Crippen LogP contribution < -0.4 is 5.73 Å². The third-order valence-corrected chi connectivity index (χ3v) is 3.91. The van der Waals surface area contributed by atoms with Gasteiger partial charge >= 0.3 is 0 Å². The van der Waals surface area contributed by atoms with E-state index in [1.807, 2.05) is 43.5 Å². The molecule has 3 aromatic rings. The summed E-state index contributed by atoms with van der Waals surface area (Å²) in [5, 5.41) is 9.22. The van der Waals surface area contributed by atoms with E-state index < -0.39 is 0 Å². The van der Waals surface area contributed by atoms with Crippen molar-refractivity contribution in [1.82, 2.24) is 19.5 Å². The molecule has 0 unspecified atom stereocenters. The van der Waals surface area contributed by atoms with Crippen LogP contribution in [-0.4, -0.2) is 24.6 Å². The number of hydrogen-bond acceptors (Lipinski definition) is 5. The van der Waals surface area contributed by atoms with Crippen LogP contribution in [0.3, 0.4) is 0 Å². The van der Waals surface area contributed by atoms with Crippen molar-refractivity contribution in [3.05, 3.63) is 46.5 Å². The van der Waals surface area contributed by atoms with Gasteiger partial charge in [0.05, 0.1) is 47.0 Å². The van der Waals surface area contributed by atoms with Crippen molar-refractivity contribution in [2.45, 2.75) is 33.9 Å². The van der Waals surface area contributed by atoms with E-state index in [0.717, 1.165) is 39.4 Å². The van der Waals surface area contributed by atoms with Gasteiger partial charge in [0.15, 0.2) is 0 Å². The minimum atomic E-state index is -0.00948. The first-order valence-corrected chi connectivity index (χ1v) is 7.16. The van der Waals surface area contributed by atoms with Crippen molar-refractivity contribution in [3.63, 3.8) is 0 Å². The lowest BCUT2D eigenvalue weighted by Gasteiger charge is -2.10. The number of aliphatic hydroxyl groups is 1. The molecule has 0 fully saturated rings. The topological polar surface area (TPSA) is 89.9 Å². The van der Waals surface area contributed by atoms with E-state index in [2.05, 4.69) is 15.0 Å². The van der Waals surface area contributed by atoms with E-state index in [9.17, 15) is 5.11 Å². The number of aliphatic hydroxyl groups excluding tert-OH is 1. The Kier molecular flexibility index (Phi) is 3.54. The summed E-state index contributed by atoms with van der Waals surface area (Å²) < 4.78 is 1.92. The molecule has 0 aliphatic carbocycles. The van der Waals surface area contributed by atoms with E-state index >= 15 is 0 Å². The number of anilines is 1. The van der Waals surface area contributed by atoms with Gasteiger partial charge in [0, 0.05) is 0 Å². The average molecular weight is 297 g/mol. The number of aryl methyl sites for hydroxylation is 3. The van der Waals surface area contributed by atoms with Crippen LogP contribution in [-0.2, 0) is 13.2 Å². The predicted molar refractivity (Wildman–Crippen MR) is 85.4 cm³/mol. The summed E-state index contributed by atoms with van der Waals surface area (Å²) in [6.07, 6.45) is 0. The maximum Gasteiger partial charge on any atom is 0.201 e. The molecule has 0 spiro atoms. The van der Waals surface area contributed by atoms with Gasteiger partial charge in [0.2, 0.25) is 5.95 Å². The molecular formula is C16H19N5O. The molecule has 2 aromatic heterocycles. The van der Waals surface area contributed by atoms with Gasteiger partial charge in [0.1, 0.15) is 0 Å². The highest BCUT2D eigenvalue weighted by molar-refractivity contribution is 5.79. The summed E-state index contributed by atoms with van der Waals surface area (Å²) in [6, 6.07) is 5.65. The van der Waals surface area contributed by atoms with Gasteiger partial charge in [-0.1, -0.05) is 6.07 Å². The standard InChI is InChI=1S/C16H19N5O/c1-9-10(2)19-14(11(3)18-9)7-21-15-5-4-12(8-22)6-13(15)20-16(21)17/h4-6,22H,7-8H2,1-3H3,(H2,17,20). The molecule has 114 valence electrons. The first-order valence-electron chi connectivity index (χ1n) is 7.16. The van der Waals surface area contributed by atoms with Crippen LogP contribution in [0, 0.1) is 20.8 Å². The Morgan fingerprint density at radius 2 is 1.77 bits per heavy atom. The predicted octanol–water partition coefficient (Wildman–Crippen LogP) is 1.87. The van der Waals surface area contributed by atoms with Gasteiger partial charge in [-0.15, -0.1) is 0 Å². The van der Waals surface area contributed by atoms with Crippen LogP contribution in [0.5, 0.6) is 0 Å². The average Bonchev–Trinajstić information content (AvgIpc) is 2.79. The smallest absolute Gasteiger partial charge is 0.201 e. The summed E-state index contributed by atoms with van der Waals surface area (Å²) in [4.78, 5) is 13.5. The van der Waals surface area contributed by atoms with E-state index in [1.54, 1.807) is 0 Å². The van der Waals surface area contributed by atoms with Gasteiger partial charge in [-0.3, -0.25) is 9.97 Å². The second kappa shape index (κ2) is 5.38. The van der Waals surface area contributed by atoms with Gasteiger partial charge in [-0.25, -0.2) is 4.98 Å². The molecule has 0 amide bonds. The lowest BCUT2D eigenvalue weighted by atomic mass is 10.2. The van der Waals surface area contributed by atoms with Crippen molar-refractivity contribution in [3.8, 4) is 0 Å². The molecule has 0 aliphatic rings. The highest BCUT2D eigenvalue weighted by Gasteiger charge is 2.12. The zero-order valence-electron chi connectivity index (χ0n) is 13.0. The summed E-state index contributed by atoms with van der Waals surface area (Å²) in [5.74, 6) is 0.435. The fraction of sp³-hybridized carbons (Fsp3) is 0.312. The number of imidazole rings is 1. The van der Waals surface area contributed by atoms with Crippen molar-refractivity contribution < 1.29 is 5.11 Å². The highest BCUT2D eigenvalue weighted by Crippen LogP contribution is 2.21. The van der Waals surface area contributed by atoms with Crippen molar-refractivity contribution in [2.24, 2.45) is 0 Å². The SMILES string of the molecule is Cc1nc(C)c(Cn2c(N)nc3cc(CO)ccc32)nc1C. The number of hydrogen-bond donors (Lipinski definition) is 2. The monoisotopic (exact) mass is 297 g/mol.